The van der Waals surface area contributed by atoms with Crippen molar-refractivity contribution in [3.8, 4) is 0 Å². The number of hydrogen-bond acceptors (Lipinski definition) is 4. The zero-order valence-corrected chi connectivity index (χ0v) is 15.8. The summed E-state index contributed by atoms with van der Waals surface area (Å²) in [5.41, 5.74) is 1.43. The summed E-state index contributed by atoms with van der Waals surface area (Å²) in [6.45, 7) is 0. The monoisotopic (exact) mass is 402 g/mol. The lowest BCUT2D eigenvalue weighted by Crippen LogP contribution is -2.32. The molecule has 3 amide bonds. The van der Waals surface area contributed by atoms with Gasteiger partial charge in [-0.25, -0.2) is 4.79 Å². The number of carboxylic acids is 1. The SMILES string of the molecule is O=C(O)c1ccc(NC(=O)c2ccc(N3C(=O)[C@@H]4[C@H](C3=O)[C@H]3C=C[C@@H]4C3)cc2)cc1. The first-order valence-corrected chi connectivity index (χ1v) is 9.75. The highest BCUT2D eigenvalue weighted by Gasteiger charge is 2.59. The number of benzene rings is 2. The predicted octanol–water partition coefficient (Wildman–Crippen LogP) is 2.95. The van der Waals surface area contributed by atoms with Crippen molar-refractivity contribution in [3.63, 3.8) is 0 Å². The van der Waals surface area contributed by atoms with E-state index in [9.17, 15) is 19.2 Å². The molecule has 2 bridgehead atoms. The number of carbonyl (C=O) groups is 4. The molecule has 7 heteroatoms. The van der Waals surface area contributed by atoms with Gasteiger partial charge in [-0.2, -0.15) is 0 Å². The number of allylic oxidation sites excluding steroid dienone is 2. The zero-order chi connectivity index (χ0) is 21.0. The third kappa shape index (κ3) is 2.74. The first-order valence-electron chi connectivity index (χ1n) is 9.75. The number of carbonyl (C=O) groups excluding carboxylic acids is 3. The van der Waals surface area contributed by atoms with E-state index in [1.807, 2.05) is 0 Å². The van der Waals surface area contributed by atoms with Crippen LogP contribution < -0.4 is 10.2 Å². The number of anilines is 2. The molecular weight excluding hydrogens is 384 g/mol. The van der Waals surface area contributed by atoms with Gasteiger partial charge in [-0.3, -0.25) is 19.3 Å². The molecule has 4 atom stereocenters. The van der Waals surface area contributed by atoms with Gasteiger partial charge in [-0.05, 0) is 66.8 Å². The number of aromatic carboxylic acids is 1. The Labute approximate surface area is 172 Å². The second-order valence-electron chi connectivity index (χ2n) is 7.90. The quantitative estimate of drug-likeness (QED) is 0.605. The lowest BCUT2D eigenvalue weighted by molar-refractivity contribution is -0.123. The summed E-state index contributed by atoms with van der Waals surface area (Å²) in [5.74, 6) is -1.94. The van der Waals surface area contributed by atoms with Crippen LogP contribution in [0.4, 0.5) is 11.4 Å². The highest BCUT2D eigenvalue weighted by molar-refractivity contribution is 6.23. The van der Waals surface area contributed by atoms with E-state index in [2.05, 4.69) is 17.5 Å². The van der Waals surface area contributed by atoms with E-state index in [0.717, 1.165) is 6.42 Å². The van der Waals surface area contributed by atoms with Crippen LogP contribution in [0, 0.1) is 23.7 Å². The third-order valence-electron chi connectivity index (χ3n) is 6.25. The van der Waals surface area contributed by atoms with Crippen LogP contribution in [0.3, 0.4) is 0 Å². The number of amides is 3. The fourth-order valence-corrected chi connectivity index (χ4v) is 4.82. The van der Waals surface area contributed by atoms with Crippen molar-refractivity contribution in [2.24, 2.45) is 23.7 Å². The number of nitrogens with zero attached hydrogens (tertiary/aromatic N) is 1. The van der Waals surface area contributed by atoms with Crippen LogP contribution in [0.15, 0.2) is 60.7 Å². The standard InChI is InChI=1S/C23H18N2O5/c26-20(24-16-7-3-13(4-8-16)23(29)30)12-5-9-17(10-6-12)25-21(27)18-14-1-2-15(11-14)19(18)22(25)28/h1-10,14-15,18-19H,11H2,(H,24,26)(H,29,30)/t14-,15+,18+,19-. The Balaban J connectivity index is 1.31. The summed E-state index contributed by atoms with van der Waals surface area (Å²) in [6.07, 6.45) is 4.99. The minimum absolute atomic E-state index is 0.130. The summed E-state index contributed by atoms with van der Waals surface area (Å²) < 4.78 is 0. The number of carboxylic acid groups (broad SMARTS) is 1. The summed E-state index contributed by atoms with van der Waals surface area (Å²) in [5, 5.41) is 11.6. The third-order valence-corrected chi connectivity index (χ3v) is 6.25. The Bertz CT molecular complexity index is 1070. The molecule has 0 aromatic heterocycles. The average Bonchev–Trinajstić information content (AvgIpc) is 3.42. The molecular formula is C23H18N2O5. The van der Waals surface area contributed by atoms with Crippen molar-refractivity contribution in [1.29, 1.82) is 0 Å². The molecule has 1 saturated carbocycles. The van der Waals surface area contributed by atoms with Gasteiger partial charge in [0.1, 0.15) is 0 Å². The van der Waals surface area contributed by atoms with Gasteiger partial charge in [0, 0.05) is 11.3 Å². The minimum atomic E-state index is -1.04. The predicted molar refractivity (Wildman–Crippen MR) is 108 cm³/mol. The van der Waals surface area contributed by atoms with Crippen LogP contribution in [0.5, 0.6) is 0 Å². The van der Waals surface area contributed by atoms with E-state index in [1.165, 1.54) is 29.2 Å². The highest BCUT2D eigenvalue weighted by Crippen LogP contribution is 2.53. The maximum absolute atomic E-state index is 12.9. The number of fused-ring (bicyclic) bond motifs is 5. The largest absolute Gasteiger partial charge is 0.478 e. The van der Waals surface area contributed by atoms with Crippen LogP contribution in [0.25, 0.3) is 0 Å². The van der Waals surface area contributed by atoms with Crippen molar-refractivity contribution in [3.05, 3.63) is 71.8 Å². The molecule has 2 aromatic carbocycles. The first kappa shape index (κ1) is 18.3. The summed E-state index contributed by atoms with van der Waals surface area (Å²) >= 11 is 0. The molecule has 2 fully saturated rings. The van der Waals surface area contributed by atoms with Crippen LogP contribution in [-0.4, -0.2) is 28.8 Å². The fraction of sp³-hybridized carbons (Fsp3) is 0.217. The van der Waals surface area contributed by atoms with Gasteiger partial charge in [0.15, 0.2) is 0 Å². The van der Waals surface area contributed by atoms with E-state index in [1.54, 1.807) is 24.3 Å². The smallest absolute Gasteiger partial charge is 0.335 e. The van der Waals surface area contributed by atoms with Crippen LogP contribution in [-0.2, 0) is 9.59 Å². The molecule has 1 aliphatic heterocycles. The Morgan fingerprint density at radius 3 is 1.90 bits per heavy atom. The van der Waals surface area contributed by atoms with Crippen LogP contribution in [0.2, 0.25) is 0 Å². The molecule has 1 saturated heterocycles. The summed E-state index contributed by atoms with van der Waals surface area (Å²) in [7, 11) is 0. The van der Waals surface area contributed by atoms with Crippen molar-refractivity contribution in [1.82, 2.24) is 0 Å². The number of hydrogen-bond donors (Lipinski definition) is 2. The van der Waals surface area contributed by atoms with Gasteiger partial charge in [-0.1, -0.05) is 12.2 Å². The lowest BCUT2D eigenvalue weighted by atomic mass is 9.85. The van der Waals surface area contributed by atoms with E-state index >= 15 is 0 Å². The Kier molecular flexibility index (Phi) is 4.06. The molecule has 2 aliphatic carbocycles. The molecule has 0 unspecified atom stereocenters. The van der Waals surface area contributed by atoms with E-state index in [-0.39, 0.29) is 47.0 Å². The highest BCUT2D eigenvalue weighted by atomic mass is 16.4. The minimum Gasteiger partial charge on any atom is -0.478 e. The molecule has 150 valence electrons. The molecule has 2 N–H and O–H groups in total. The number of rotatable bonds is 4. The first-order chi connectivity index (χ1) is 14.4. The zero-order valence-electron chi connectivity index (χ0n) is 15.8. The molecule has 0 radical (unpaired) electrons. The van der Waals surface area contributed by atoms with Gasteiger partial charge in [-0.15, -0.1) is 0 Å². The molecule has 2 aromatic rings. The maximum atomic E-state index is 12.9. The van der Waals surface area contributed by atoms with Crippen molar-refractivity contribution in [2.75, 3.05) is 10.2 Å². The van der Waals surface area contributed by atoms with Gasteiger partial charge in [0.25, 0.3) is 5.91 Å². The lowest BCUT2D eigenvalue weighted by Gasteiger charge is -2.17. The van der Waals surface area contributed by atoms with Crippen LogP contribution >= 0.6 is 0 Å². The van der Waals surface area contributed by atoms with Crippen LogP contribution in [0.1, 0.15) is 27.1 Å². The van der Waals surface area contributed by atoms with Gasteiger partial charge >= 0.3 is 5.97 Å². The van der Waals surface area contributed by atoms with Crippen molar-refractivity contribution >= 4 is 35.1 Å². The molecule has 30 heavy (non-hydrogen) atoms. The molecule has 0 spiro atoms. The molecule has 7 nitrogen and oxygen atoms in total. The number of imide groups is 1. The topological polar surface area (TPSA) is 104 Å². The summed E-state index contributed by atoms with van der Waals surface area (Å²) in [6, 6.07) is 12.2. The van der Waals surface area contributed by atoms with Crippen molar-refractivity contribution in [2.45, 2.75) is 6.42 Å². The van der Waals surface area contributed by atoms with Crippen molar-refractivity contribution < 1.29 is 24.3 Å². The Morgan fingerprint density at radius 2 is 1.37 bits per heavy atom. The van der Waals surface area contributed by atoms with Gasteiger partial charge in [0.05, 0.1) is 23.1 Å². The second kappa shape index (κ2) is 6.66. The second-order valence-corrected chi connectivity index (χ2v) is 7.90. The number of nitrogens with one attached hydrogen (secondary N) is 1. The normalized spacial score (nSPS) is 26.2. The Morgan fingerprint density at radius 1 is 0.833 bits per heavy atom. The van der Waals surface area contributed by atoms with E-state index < -0.39 is 5.97 Å². The average molecular weight is 402 g/mol. The van der Waals surface area contributed by atoms with Gasteiger partial charge in [0.2, 0.25) is 11.8 Å². The maximum Gasteiger partial charge on any atom is 0.335 e. The van der Waals surface area contributed by atoms with Gasteiger partial charge < -0.3 is 10.4 Å². The molecule has 3 aliphatic rings. The fourth-order valence-electron chi connectivity index (χ4n) is 4.82. The van der Waals surface area contributed by atoms with E-state index in [4.69, 9.17) is 5.11 Å². The Hall–Kier alpha value is -3.74. The summed E-state index contributed by atoms with van der Waals surface area (Å²) in [4.78, 5) is 50.4. The van der Waals surface area contributed by atoms with E-state index in [0.29, 0.717) is 16.9 Å². The molecule has 5 rings (SSSR count). The molecule has 1 heterocycles.